The van der Waals surface area contributed by atoms with Crippen LogP contribution in [0.5, 0.6) is 5.75 Å². The molecular formula is C16H24ClN3O3. The number of carbonyl (C=O) groups is 2. The Morgan fingerprint density at radius 1 is 1.43 bits per heavy atom. The van der Waals surface area contributed by atoms with Gasteiger partial charge >= 0.3 is 0 Å². The molecule has 3 N–H and O–H groups in total. The molecular weight excluding hydrogens is 318 g/mol. The van der Waals surface area contributed by atoms with E-state index in [1.807, 2.05) is 31.2 Å². The predicted molar refractivity (Wildman–Crippen MR) is 92.0 cm³/mol. The fourth-order valence-electron chi connectivity index (χ4n) is 2.53. The predicted octanol–water partition coefficient (Wildman–Crippen LogP) is 1.32. The van der Waals surface area contributed by atoms with Crippen LogP contribution in [0.1, 0.15) is 19.8 Å². The van der Waals surface area contributed by atoms with E-state index in [0.717, 1.165) is 12.1 Å². The average molecular weight is 342 g/mol. The van der Waals surface area contributed by atoms with Crippen molar-refractivity contribution in [2.75, 3.05) is 31.1 Å². The Hall–Kier alpha value is -1.79. The topological polar surface area (TPSA) is 84.7 Å². The molecule has 1 aliphatic heterocycles. The van der Waals surface area contributed by atoms with Gasteiger partial charge < -0.3 is 20.7 Å². The van der Waals surface area contributed by atoms with Gasteiger partial charge in [0.2, 0.25) is 11.8 Å². The van der Waals surface area contributed by atoms with Crippen LogP contribution < -0.4 is 20.7 Å². The highest BCUT2D eigenvalue weighted by Crippen LogP contribution is 2.33. The molecule has 1 aromatic rings. The van der Waals surface area contributed by atoms with Crippen molar-refractivity contribution in [2.45, 2.75) is 19.8 Å². The van der Waals surface area contributed by atoms with Crippen LogP contribution in [0.25, 0.3) is 0 Å². The number of anilines is 1. The average Bonchev–Trinajstić information content (AvgIpc) is 2.90. The summed E-state index contributed by atoms with van der Waals surface area (Å²) in [5, 5.41) is 2.83. The number of carbonyl (C=O) groups excluding carboxylic acids is 2. The molecule has 2 amide bonds. The Morgan fingerprint density at radius 3 is 2.87 bits per heavy atom. The lowest BCUT2D eigenvalue weighted by Crippen LogP contribution is -2.34. The zero-order chi connectivity index (χ0) is 15.9. The molecule has 1 unspecified atom stereocenters. The van der Waals surface area contributed by atoms with Crippen LogP contribution >= 0.6 is 12.4 Å². The molecule has 1 aromatic carbocycles. The molecule has 1 saturated heterocycles. The molecule has 2 rings (SSSR count). The lowest BCUT2D eigenvalue weighted by Gasteiger charge is -2.20. The van der Waals surface area contributed by atoms with Crippen molar-refractivity contribution >= 4 is 29.9 Å². The molecule has 0 spiro atoms. The fraction of sp³-hybridized carbons (Fsp3) is 0.500. The Labute approximate surface area is 142 Å². The summed E-state index contributed by atoms with van der Waals surface area (Å²) in [5.74, 6) is 0.215. The molecule has 128 valence electrons. The largest absolute Gasteiger partial charge is 0.492 e. The molecule has 6 nitrogen and oxygen atoms in total. The highest BCUT2D eigenvalue weighted by Gasteiger charge is 2.36. The van der Waals surface area contributed by atoms with E-state index in [2.05, 4.69) is 5.32 Å². The van der Waals surface area contributed by atoms with Crippen molar-refractivity contribution in [2.24, 2.45) is 11.7 Å². The van der Waals surface area contributed by atoms with Gasteiger partial charge in [-0.15, -0.1) is 12.4 Å². The van der Waals surface area contributed by atoms with Crippen LogP contribution in [-0.2, 0) is 9.59 Å². The highest BCUT2D eigenvalue weighted by atomic mass is 35.5. The van der Waals surface area contributed by atoms with Crippen LogP contribution in [0.2, 0.25) is 0 Å². The van der Waals surface area contributed by atoms with Gasteiger partial charge in [0.1, 0.15) is 5.75 Å². The summed E-state index contributed by atoms with van der Waals surface area (Å²) in [6, 6.07) is 7.41. The van der Waals surface area contributed by atoms with Crippen molar-refractivity contribution in [1.82, 2.24) is 5.32 Å². The quantitative estimate of drug-likeness (QED) is 0.733. The molecule has 1 aliphatic rings. The second-order valence-corrected chi connectivity index (χ2v) is 5.24. The minimum absolute atomic E-state index is 0. The monoisotopic (exact) mass is 341 g/mol. The number of hydrogen-bond donors (Lipinski definition) is 2. The maximum Gasteiger partial charge on any atom is 0.227 e. The van der Waals surface area contributed by atoms with Gasteiger partial charge in [-0.05, 0) is 32.0 Å². The van der Waals surface area contributed by atoms with Gasteiger partial charge in [0, 0.05) is 19.5 Å². The van der Waals surface area contributed by atoms with E-state index in [4.69, 9.17) is 10.5 Å². The molecule has 0 saturated carbocycles. The Kier molecular flexibility index (Phi) is 7.85. The lowest BCUT2D eigenvalue weighted by molar-refractivity contribution is -0.126. The number of nitrogens with zero attached hydrogens (tertiary/aromatic N) is 1. The highest BCUT2D eigenvalue weighted by molar-refractivity contribution is 6.01. The van der Waals surface area contributed by atoms with Gasteiger partial charge in [-0.25, -0.2) is 0 Å². The maximum atomic E-state index is 12.2. The van der Waals surface area contributed by atoms with E-state index in [1.54, 1.807) is 4.90 Å². The van der Waals surface area contributed by atoms with E-state index in [0.29, 0.717) is 32.0 Å². The number of halogens is 1. The summed E-state index contributed by atoms with van der Waals surface area (Å²) in [5.41, 5.74) is 6.13. The number of hydrogen-bond acceptors (Lipinski definition) is 4. The molecule has 1 atom stereocenters. The van der Waals surface area contributed by atoms with Gasteiger partial charge in [-0.2, -0.15) is 0 Å². The van der Waals surface area contributed by atoms with Gasteiger partial charge in [0.05, 0.1) is 18.2 Å². The van der Waals surface area contributed by atoms with E-state index >= 15 is 0 Å². The lowest BCUT2D eigenvalue weighted by atomic mass is 10.1. The van der Waals surface area contributed by atoms with Crippen molar-refractivity contribution in [3.63, 3.8) is 0 Å². The number of rotatable bonds is 7. The van der Waals surface area contributed by atoms with Crippen LogP contribution in [0, 0.1) is 5.92 Å². The second kappa shape index (κ2) is 9.37. The summed E-state index contributed by atoms with van der Waals surface area (Å²) in [6.07, 6.45) is 0.970. The second-order valence-electron chi connectivity index (χ2n) is 5.24. The van der Waals surface area contributed by atoms with Gasteiger partial charge in [-0.3, -0.25) is 9.59 Å². The Balaban J connectivity index is 0.00000264. The zero-order valence-corrected chi connectivity index (χ0v) is 14.1. The number of nitrogens with one attached hydrogen (secondary N) is 1. The number of ether oxygens (including phenoxy) is 1. The maximum absolute atomic E-state index is 12.2. The van der Waals surface area contributed by atoms with Crippen LogP contribution in [0.15, 0.2) is 24.3 Å². The SMILES string of the molecule is CCOc1ccccc1N1CC(C(=O)NCCCN)CC1=O.Cl. The van der Waals surface area contributed by atoms with Gasteiger partial charge in [0.25, 0.3) is 0 Å². The molecule has 7 heteroatoms. The van der Waals surface area contributed by atoms with Crippen molar-refractivity contribution < 1.29 is 14.3 Å². The minimum atomic E-state index is -0.319. The smallest absolute Gasteiger partial charge is 0.227 e. The zero-order valence-electron chi connectivity index (χ0n) is 13.3. The van der Waals surface area contributed by atoms with Crippen LogP contribution in [0.4, 0.5) is 5.69 Å². The molecule has 1 heterocycles. The first-order valence-electron chi connectivity index (χ1n) is 7.67. The van der Waals surface area contributed by atoms with Gasteiger partial charge in [-0.1, -0.05) is 12.1 Å². The summed E-state index contributed by atoms with van der Waals surface area (Å²) in [6.45, 7) is 3.91. The summed E-state index contributed by atoms with van der Waals surface area (Å²) in [7, 11) is 0. The van der Waals surface area contributed by atoms with Crippen molar-refractivity contribution in [3.8, 4) is 5.75 Å². The number of amides is 2. The van der Waals surface area contributed by atoms with E-state index in [9.17, 15) is 9.59 Å². The third-order valence-corrected chi connectivity index (χ3v) is 3.63. The third-order valence-electron chi connectivity index (χ3n) is 3.63. The normalized spacial score (nSPS) is 16.9. The van der Waals surface area contributed by atoms with Gasteiger partial charge in [0.15, 0.2) is 0 Å². The van der Waals surface area contributed by atoms with E-state index < -0.39 is 0 Å². The van der Waals surface area contributed by atoms with E-state index in [1.165, 1.54) is 0 Å². The molecule has 23 heavy (non-hydrogen) atoms. The molecule has 0 aliphatic carbocycles. The Morgan fingerprint density at radius 2 is 2.17 bits per heavy atom. The first kappa shape index (κ1) is 19.3. The third kappa shape index (κ3) is 4.84. The summed E-state index contributed by atoms with van der Waals surface area (Å²) in [4.78, 5) is 26.0. The molecule has 1 fully saturated rings. The van der Waals surface area contributed by atoms with Crippen LogP contribution in [0.3, 0.4) is 0 Å². The first-order chi connectivity index (χ1) is 10.7. The first-order valence-corrected chi connectivity index (χ1v) is 7.67. The minimum Gasteiger partial charge on any atom is -0.492 e. The number of benzene rings is 1. The fourth-order valence-corrected chi connectivity index (χ4v) is 2.53. The number of para-hydroxylation sites is 2. The molecule has 0 radical (unpaired) electrons. The van der Waals surface area contributed by atoms with Crippen molar-refractivity contribution in [3.05, 3.63) is 24.3 Å². The van der Waals surface area contributed by atoms with E-state index in [-0.39, 0.29) is 36.6 Å². The van der Waals surface area contributed by atoms with Crippen LogP contribution in [-0.4, -0.2) is 38.1 Å². The summed E-state index contributed by atoms with van der Waals surface area (Å²) < 4.78 is 5.56. The number of nitrogens with two attached hydrogens (primary N) is 1. The standard InChI is InChI=1S/C16H23N3O3.ClH/c1-2-22-14-7-4-3-6-13(14)19-11-12(10-15(19)20)16(21)18-9-5-8-17;/h3-4,6-7,12H,2,5,8-11,17H2,1H3,(H,18,21);1H. The molecule has 0 aromatic heterocycles. The summed E-state index contributed by atoms with van der Waals surface area (Å²) >= 11 is 0. The molecule has 0 bridgehead atoms. The Bertz CT molecular complexity index is 539. The van der Waals surface area contributed by atoms with Crippen molar-refractivity contribution in [1.29, 1.82) is 0 Å².